The van der Waals surface area contributed by atoms with Crippen LogP contribution in [0.4, 0.5) is 5.69 Å². The molecule has 0 aliphatic heterocycles. The fourth-order valence-electron chi connectivity index (χ4n) is 2.19. The number of hydrogen-bond acceptors (Lipinski definition) is 4. The lowest BCUT2D eigenvalue weighted by Gasteiger charge is -2.15. The van der Waals surface area contributed by atoms with E-state index in [-0.39, 0.29) is 10.6 Å². The zero-order chi connectivity index (χ0) is 18.4. The average molecular weight is 429 g/mol. The Morgan fingerprint density at radius 3 is 2.68 bits per heavy atom. The lowest BCUT2D eigenvalue weighted by atomic mass is 10.1. The van der Waals surface area contributed by atoms with Gasteiger partial charge in [0.1, 0.15) is 0 Å². The lowest BCUT2D eigenvalue weighted by molar-refractivity contribution is 0.0697. The van der Waals surface area contributed by atoms with Gasteiger partial charge in [0.2, 0.25) is 0 Å². The number of methoxy groups -OCH3 is 1. The van der Waals surface area contributed by atoms with Crippen LogP contribution in [0.3, 0.4) is 0 Å². The van der Waals surface area contributed by atoms with E-state index >= 15 is 0 Å². The molecule has 25 heavy (non-hydrogen) atoms. The number of ether oxygens (including phenoxy) is 2. The van der Waals surface area contributed by atoms with Crippen LogP contribution in [0.25, 0.3) is 0 Å². The number of carboxylic acid groups (broad SMARTS) is 1. The number of carboxylic acids is 1. The summed E-state index contributed by atoms with van der Waals surface area (Å²) in [5.74, 6) is 0.268. The first kappa shape index (κ1) is 19.4. The third-order valence-electron chi connectivity index (χ3n) is 3.47. The summed E-state index contributed by atoms with van der Waals surface area (Å²) in [6.45, 7) is 3.13. The first-order valence-corrected chi connectivity index (χ1v) is 8.89. The molecule has 0 bridgehead atoms. The second-order valence-corrected chi connectivity index (χ2v) is 6.56. The molecule has 0 aliphatic rings. The fourth-order valence-corrected chi connectivity index (χ4v) is 2.85. The highest BCUT2D eigenvalue weighted by Gasteiger charge is 2.12. The Hall–Kier alpha value is -1.92. The highest BCUT2D eigenvalue weighted by molar-refractivity contribution is 9.10. The predicted octanol–water partition coefficient (Wildman–Crippen LogP) is 5.21. The summed E-state index contributed by atoms with van der Waals surface area (Å²) in [6, 6.07) is 8.56. The van der Waals surface area contributed by atoms with Gasteiger partial charge in [0, 0.05) is 16.7 Å². The molecule has 0 spiro atoms. The second-order valence-electron chi connectivity index (χ2n) is 5.30. The van der Waals surface area contributed by atoms with Crippen LogP contribution in [0.5, 0.6) is 11.5 Å². The first-order valence-electron chi connectivity index (χ1n) is 7.72. The molecule has 0 aliphatic carbocycles. The summed E-state index contributed by atoms with van der Waals surface area (Å²) >= 11 is 9.42. The normalized spacial score (nSPS) is 10.4. The summed E-state index contributed by atoms with van der Waals surface area (Å²) in [5, 5.41) is 12.5. The van der Waals surface area contributed by atoms with Gasteiger partial charge in [-0.2, -0.15) is 0 Å². The minimum Gasteiger partial charge on any atom is -0.493 e. The summed E-state index contributed by atoms with van der Waals surface area (Å²) in [4.78, 5) is 11.2. The molecule has 134 valence electrons. The molecule has 2 aromatic carbocycles. The number of hydrogen-bond donors (Lipinski definition) is 2. The molecule has 0 saturated heterocycles. The van der Waals surface area contributed by atoms with Crippen molar-refractivity contribution in [3.8, 4) is 11.5 Å². The van der Waals surface area contributed by atoms with Gasteiger partial charge >= 0.3 is 5.97 Å². The van der Waals surface area contributed by atoms with E-state index in [0.717, 1.165) is 16.5 Å². The van der Waals surface area contributed by atoms with Gasteiger partial charge in [0.25, 0.3) is 0 Å². The second kappa shape index (κ2) is 8.97. The van der Waals surface area contributed by atoms with Crippen molar-refractivity contribution < 1.29 is 19.4 Å². The molecule has 0 aromatic heterocycles. The molecule has 0 saturated carbocycles. The molecule has 0 atom stereocenters. The van der Waals surface area contributed by atoms with Gasteiger partial charge in [-0.15, -0.1) is 0 Å². The molecule has 2 N–H and O–H groups in total. The fraction of sp³-hybridized carbons (Fsp3) is 0.278. The third-order valence-corrected chi connectivity index (χ3v) is 4.54. The smallest absolute Gasteiger partial charge is 0.337 e. The lowest BCUT2D eigenvalue weighted by Crippen LogP contribution is -2.04. The Bertz CT molecular complexity index is 767. The van der Waals surface area contributed by atoms with Gasteiger partial charge in [-0.05, 0) is 42.3 Å². The van der Waals surface area contributed by atoms with Crippen molar-refractivity contribution in [1.29, 1.82) is 0 Å². The van der Waals surface area contributed by atoms with Gasteiger partial charge in [0.05, 0.1) is 24.3 Å². The molecule has 0 unspecified atom stereocenters. The minimum absolute atomic E-state index is 0.0617. The highest BCUT2D eigenvalue weighted by Crippen LogP contribution is 2.34. The van der Waals surface area contributed by atoms with Gasteiger partial charge in [-0.25, -0.2) is 4.79 Å². The highest BCUT2D eigenvalue weighted by atomic mass is 79.9. The molecule has 2 aromatic rings. The van der Waals surface area contributed by atoms with Gasteiger partial charge in [-0.1, -0.05) is 34.5 Å². The Morgan fingerprint density at radius 2 is 2.04 bits per heavy atom. The quantitative estimate of drug-likeness (QED) is 0.604. The topological polar surface area (TPSA) is 67.8 Å². The Balaban J connectivity index is 2.18. The number of benzene rings is 2. The monoisotopic (exact) mass is 427 g/mol. The van der Waals surface area contributed by atoms with E-state index in [1.54, 1.807) is 19.2 Å². The van der Waals surface area contributed by atoms with Crippen LogP contribution >= 0.6 is 27.5 Å². The van der Waals surface area contributed by atoms with Crippen LogP contribution in [-0.2, 0) is 6.54 Å². The Labute approximate surface area is 160 Å². The zero-order valence-corrected chi connectivity index (χ0v) is 16.3. The number of nitrogens with one attached hydrogen (secondary N) is 1. The van der Waals surface area contributed by atoms with Crippen LogP contribution in [0.15, 0.2) is 34.8 Å². The van der Waals surface area contributed by atoms with E-state index in [4.69, 9.17) is 26.2 Å². The number of anilines is 1. The molecular weight excluding hydrogens is 410 g/mol. The van der Waals surface area contributed by atoms with Crippen molar-refractivity contribution in [2.75, 3.05) is 19.0 Å². The molecule has 7 heteroatoms. The molecule has 0 radical (unpaired) electrons. The van der Waals surface area contributed by atoms with Crippen LogP contribution in [-0.4, -0.2) is 24.8 Å². The van der Waals surface area contributed by atoms with Crippen LogP contribution in [0.2, 0.25) is 5.02 Å². The van der Waals surface area contributed by atoms with Crippen molar-refractivity contribution in [2.24, 2.45) is 0 Å². The van der Waals surface area contributed by atoms with Crippen LogP contribution < -0.4 is 14.8 Å². The molecule has 5 nitrogen and oxygen atoms in total. The standard InChI is InChI=1S/C18H19BrClNO4/c1-3-6-25-17-9-14(19)11(7-16(17)24-2)10-21-12-4-5-15(20)13(8-12)18(22)23/h4-5,7-9,21H,3,6,10H2,1-2H3,(H,22,23). The van der Waals surface area contributed by atoms with Crippen molar-refractivity contribution in [3.05, 3.63) is 51.0 Å². The van der Waals surface area contributed by atoms with Crippen molar-refractivity contribution in [3.63, 3.8) is 0 Å². The average Bonchev–Trinajstić information content (AvgIpc) is 2.59. The van der Waals surface area contributed by atoms with Crippen LogP contribution in [0.1, 0.15) is 29.3 Å². The van der Waals surface area contributed by atoms with Crippen molar-refractivity contribution in [2.45, 2.75) is 19.9 Å². The molecule has 0 heterocycles. The maximum absolute atomic E-state index is 11.2. The van der Waals surface area contributed by atoms with Gasteiger partial charge in [0.15, 0.2) is 11.5 Å². The third kappa shape index (κ3) is 5.03. The Morgan fingerprint density at radius 1 is 1.28 bits per heavy atom. The van der Waals surface area contributed by atoms with E-state index in [0.29, 0.717) is 30.3 Å². The summed E-state index contributed by atoms with van der Waals surface area (Å²) in [7, 11) is 1.59. The molecule has 0 fully saturated rings. The van der Waals surface area contributed by atoms with Gasteiger partial charge in [-0.3, -0.25) is 0 Å². The largest absolute Gasteiger partial charge is 0.493 e. The summed E-state index contributed by atoms with van der Waals surface area (Å²) in [5.41, 5.74) is 1.68. The van der Waals surface area contributed by atoms with Crippen LogP contribution in [0, 0.1) is 0 Å². The van der Waals surface area contributed by atoms with Gasteiger partial charge < -0.3 is 19.9 Å². The van der Waals surface area contributed by atoms with E-state index in [1.165, 1.54) is 6.07 Å². The summed E-state index contributed by atoms with van der Waals surface area (Å²) in [6.07, 6.45) is 0.909. The number of carbonyl (C=O) groups is 1. The zero-order valence-electron chi connectivity index (χ0n) is 13.9. The van der Waals surface area contributed by atoms with Crippen molar-refractivity contribution in [1.82, 2.24) is 0 Å². The number of aromatic carboxylic acids is 1. The van der Waals surface area contributed by atoms with E-state index < -0.39 is 5.97 Å². The minimum atomic E-state index is -1.06. The number of halogens is 2. The molecular formula is C18H19BrClNO4. The van der Waals surface area contributed by atoms with E-state index in [1.807, 2.05) is 19.1 Å². The maximum atomic E-state index is 11.2. The SMILES string of the molecule is CCCOc1cc(Br)c(CNc2ccc(Cl)c(C(=O)O)c2)cc1OC. The van der Waals surface area contributed by atoms with Crippen molar-refractivity contribution >= 4 is 39.2 Å². The van der Waals surface area contributed by atoms with E-state index in [2.05, 4.69) is 21.2 Å². The summed E-state index contributed by atoms with van der Waals surface area (Å²) < 4.78 is 11.9. The molecule has 2 rings (SSSR count). The number of rotatable bonds is 8. The maximum Gasteiger partial charge on any atom is 0.337 e. The first-order chi connectivity index (χ1) is 12.0. The Kier molecular flexibility index (Phi) is 6.96. The predicted molar refractivity (Wildman–Crippen MR) is 102 cm³/mol. The molecule has 0 amide bonds. The van der Waals surface area contributed by atoms with E-state index in [9.17, 15) is 4.79 Å².